The van der Waals surface area contributed by atoms with Gasteiger partial charge < -0.3 is 0 Å². The van der Waals surface area contributed by atoms with Crippen LogP contribution in [0.5, 0.6) is 0 Å². The molecule has 1 aromatic carbocycles. The van der Waals surface area contributed by atoms with Crippen molar-refractivity contribution < 1.29 is 0 Å². The second kappa shape index (κ2) is 7.29. The van der Waals surface area contributed by atoms with E-state index in [0.717, 1.165) is 5.92 Å². The molecule has 0 radical (unpaired) electrons. The first kappa shape index (κ1) is 20.3. The van der Waals surface area contributed by atoms with Crippen LogP contribution in [0.3, 0.4) is 0 Å². The molecule has 0 spiro atoms. The summed E-state index contributed by atoms with van der Waals surface area (Å²) in [5.74, 6) is 0.804. The van der Waals surface area contributed by atoms with Gasteiger partial charge in [0.25, 0.3) is 0 Å². The van der Waals surface area contributed by atoms with E-state index in [1.165, 1.54) is 37.7 Å². The summed E-state index contributed by atoms with van der Waals surface area (Å²) in [7, 11) is 0. The largest absolute Gasteiger partial charge is 0.0875 e. The predicted molar refractivity (Wildman–Crippen MR) is 112 cm³/mol. The lowest BCUT2D eigenvalue weighted by Gasteiger charge is -2.56. The van der Waals surface area contributed by atoms with Gasteiger partial charge in [-0.05, 0) is 61.8 Å². The standard InChI is InChI=1S/C25H40/c1-9-19(3)14-15-25(22-13-11-12-20(4)16-22)18-24(7,8)23(5,6)17-21(25)10-2/h10-13,16,19H,9,14-15,17-18H2,1-8H3/b21-10-. The van der Waals surface area contributed by atoms with Gasteiger partial charge in [-0.2, -0.15) is 0 Å². The van der Waals surface area contributed by atoms with Crippen LogP contribution in [0.25, 0.3) is 0 Å². The van der Waals surface area contributed by atoms with Crippen molar-refractivity contribution >= 4 is 0 Å². The van der Waals surface area contributed by atoms with Gasteiger partial charge in [0.15, 0.2) is 0 Å². The average Bonchev–Trinajstić information content (AvgIpc) is 2.55. The molecule has 0 heteroatoms. The molecule has 2 unspecified atom stereocenters. The van der Waals surface area contributed by atoms with Gasteiger partial charge in [0, 0.05) is 5.41 Å². The number of allylic oxidation sites excluding steroid dienone is 2. The van der Waals surface area contributed by atoms with Crippen molar-refractivity contribution in [3.8, 4) is 0 Å². The van der Waals surface area contributed by atoms with E-state index < -0.39 is 0 Å². The molecule has 1 aliphatic rings. The Morgan fingerprint density at radius 2 is 1.80 bits per heavy atom. The molecule has 1 saturated carbocycles. The molecule has 0 bridgehead atoms. The summed E-state index contributed by atoms with van der Waals surface area (Å²) in [6.07, 6.45) is 8.79. The summed E-state index contributed by atoms with van der Waals surface area (Å²) in [5.41, 5.74) is 5.50. The summed E-state index contributed by atoms with van der Waals surface area (Å²) >= 11 is 0. The highest BCUT2D eigenvalue weighted by Gasteiger charge is 2.51. The van der Waals surface area contributed by atoms with E-state index >= 15 is 0 Å². The molecule has 1 aromatic rings. The first-order valence-electron chi connectivity index (χ1n) is 10.3. The Morgan fingerprint density at radius 1 is 1.12 bits per heavy atom. The van der Waals surface area contributed by atoms with Crippen LogP contribution in [-0.4, -0.2) is 0 Å². The maximum Gasteiger partial charge on any atom is 0.0167 e. The molecular weight excluding hydrogens is 300 g/mol. The van der Waals surface area contributed by atoms with Crippen molar-refractivity contribution in [2.45, 2.75) is 92.9 Å². The smallest absolute Gasteiger partial charge is 0.0167 e. The lowest BCUT2D eigenvalue weighted by molar-refractivity contribution is 0.0343. The molecule has 140 valence electrons. The van der Waals surface area contributed by atoms with Crippen LogP contribution in [0.15, 0.2) is 35.9 Å². The minimum Gasteiger partial charge on any atom is -0.0875 e. The summed E-state index contributed by atoms with van der Waals surface area (Å²) in [4.78, 5) is 0. The van der Waals surface area contributed by atoms with Crippen molar-refractivity contribution in [1.29, 1.82) is 0 Å². The summed E-state index contributed by atoms with van der Waals surface area (Å²) in [5, 5.41) is 0. The maximum atomic E-state index is 2.49. The van der Waals surface area contributed by atoms with Gasteiger partial charge in [-0.25, -0.2) is 0 Å². The maximum absolute atomic E-state index is 2.49. The van der Waals surface area contributed by atoms with Crippen molar-refractivity contribution in [2.75, 3.05) is 0 Å². The number of hydrogen-bond donors (Lipinski definition) is 0. The van der Waals surface area contributed by atoms with Crippen LogP contribution in [0, 0.1) is 23.7 Å². The van der Waals surface area contributed by atoms with Gasteiger partial charge in [-0.15, -0.1) is 0 Å². The van der Waals surface area contributed by atoms with Crippen LogP contribution < -0.4 is 0 Å². The van der Waals surface area contributed by atoms with E-state index in [2.05, 4.69) is 85.7 Å². The normalized spacial score (nSPS) is 28.1. The van der Waals surface area contributed by atoms with Crippen LogP contribution in [0.2, 0.25) is 0 Å². The second-order valence-electron chi connectivity index (χ2n) is 9.94. The van der Waals surface area contributed by atoms with E-state index in [0.29, 0.717) is 10.8 Å². The minimum absolute atomic E-state index is 0.212. The molecule has 0 saturated heterocycles. The first-order valence-corrected chi connectivity index (χ1v) is 10.3. The first-order chi connectivity index (χ1) is 11.6. The summed E-state index contributed by atoms with van der Waals surface area (Å²) < 4.78 is 0. The molecule has 0 amide bonds. The Bertz CT molecular complexity index is 617. The Labute approximate surface area is 157 Å². The van der Waals surface area contributed by atoms with Crippen molar-refractivity contribution in [2.24, 2.45) is 16.7 Å². The minimum atomic E-state index is 0.212. The molecule has 0 aliphatic heterocycles. The molecular formula is C25H40. The fraction of sp³-hybridized carbons (Fsp3) is 0.680. The van der Waals surface area contributed by atoms with Crippen LogP contribution in [0.1, 0.15) is 91.7 Å². The highest BCUT2D eigenvalue weighted by molar-refractivity contribution is 5.41. The topological polar surface area (TPSA) is 0 Å². The monoisotopic (exact) mass is 340 g/mol. The molecule has 1 fully saturated rings. The Morgan fingerprint density at radius 3 is 2.36 bits per heavy atom. The molecule has 1 aliphatic carbocycles. The highest BCUT2D eigenvalue weighted by atomic mass is 14.6. The zero-order valence-electron chi connectivity index (χ0n) is 18.0. The average molecular weight is 341 g/mol. The molecule has 0 heterocycles. The van der Waals surface area contributed by atoms with E-state index in [9.17, 15) is 0 Å². The SMILES string of the molecule is C/C=C1/CC(C)(C)C(C)(C)CC1(CCC(C)CC)c1cccc(C)c1. The van der Waals surface area contributed by atoms with Crippen LogP contribution in [-0.2, 0) is 5.41 Å². The van der Waals surface area contributed by atoms with Gasteiger partial charge >= 0.3 is 0 Å². The van der Waals surface area contributed by atoms with Crippen molar-refractivity contribution in [3.05, 3.63) is 47.0 Å². The van der Waals surface area contributed by atoms with Gasteiger partial charge in [-0.1, -0.05) is 89.4 Å². The molecule has 0 nitrogen and oxygen atoms in total. The summed E-state index contributed by atoms with van der Waals surface area (Å²) in [6.45, 7) is 19.2. The van der Waals surface area contributed by atoms with Crippen LogP contribution in [0.4, 0.5) is 0 Å². The predicted octanol–water partition coefficient (Wildman–Crippen LogP) is 7.85. The van der Waals surface area contributed by atoms with E-state index in [1.807, 2.05) is 0 Å². The molecule has 0 aromatic heterocycles. The van der Waals surface area contributed by atoms with Gasteiger partial charge in [0.05, 0.1) is 0 Å². The quantitative estimate of drug-likeness (QED) is 0.479. The third-order valence-electron chi connectivity index (χ3n) is 7.50. The van der Waals surface area contributed by atoms with Crippen LogP contribution >= 0.6 is 0 Å². The Balaban J connectivity index is 2.56. The lowest BCUT2D eigenvalue weighted by Crippen LogP contribution is -2.48. The Kier molecular flexibility index (Phi) is 5.92. The zero-order valence-corrected chi connectivity index (χ0v) is 18.0. The third kappa shape index (κ3) is 3.88. The van der Waals surface area contributed by atoms with Crippen molar-refractivity contribution in [3.63, 3.8) is 0 Å². The number of rotatable bonds is 5. The highest BCUT2D eigenvalue weighted by Crippen LogP contribution is 2.60. The fourth-order valence-corrected chi connectivity index (χ4v) is 4.69. The number of benzene rings is 1. The van der Waals surface area contributed by atoms with E-state index in [-0.39, 0.29) is 5.41 Å². The van der Waals surface area contributed by atoms with E-state index in [1.54, 1.807) is 11.1 Å². The van der Waals surface area contributed by atoms with Crippen molar-refractivity contribution in [1.82, 2.24) is 0 Å². The molecule has 25 heavy (non-hydrogen) atoms. The third-order valence-corrected chi connectivity index (χ3v) is 7.50. The number of aryl methyl sites for hydroxylation is 1. The number of hydrogen-bond acceptors (Lipinski definition) is 0. The zero-order chi connectivity index (χ0) is 18.9. The van der Waals surface area contributed by atoms with Gasteiger partial charge in [0.2, 0.25) is 0 Å². The molecule has 0 N–H and O–H groups in total. The van der Waals surface area contributed by atoms with Gasteiger partial charge in [-0.3, -0.25) is 0 Å². The lowest BCUT2D eigenvalue weighted by atomic mass is 9.48. The fourth-order valence-electron chi connectivity index (χ4n) is 4.69. The van der Waals surface area contributed by atoms with E-state index in [4.69, 9.17) is 0 Å². The Hall–Kier alpha value is -1.04. The summed E-state index contributed by atoms with van der Waals surface area (Å²) in [6, 6.07) is 9.34. The molecule has 2 rings (SSSR count). The second-order valence-corrected chi connectivity index (χ2v) is 9.94. The molecule has 2 atom stereocenters. The van der Waals surface area contributed by atoms with Gasteiger partial charge in [0.1, 0.15) is 0 Å².